The lowest BCUT2D eigenvalue weighted by molar-refractivity contribution is -0.385. The minimum atomic E-state index is -0.576. The highest BCUT2D eigenvalue weighted by Gasteiger charge is 2.19. The summed E-state index contributed by atoms with van der Waals surface area (Å²) in [7, 11) is 2.74. The molecule has 0 aliphatic rings. The number of nitro benzene ring substituents is 1. The second kappa shape index (κ2) is 8.15. The van der Waals surface area contributed by atoms with Crippen LogP contribution in [0, 0.1) is 10.1 Å². The van der Waals surface area contributed by atoms with Gasteiger partial charge in [0, 0.05) is 23.1 Å². The van der Waals surface area contributed by atoms with Crippen molar-refractivity contribution in [3.63, 3.8) is 0 Å². The van der Waals surface area contributed by atoms with Crippen LogP contribution in [-0.2, 0) is 0 Å². The molecule has 3 aromatic carbocycles. The fourth-order valence-electron chi connectivity index (χ4n) is 3.27. The molecule has 9 nitrogen and oxygen atoms in total. The van der Waals surface area contributed by atoms with Crippen molar-refractivity contribution in [1.29, 1.82) is 0 Å². The predicted octanol–water partition coefficient (Wildman–Crippen LogP) is 4.28. The van der Waals surface area contributed by atoms with Gasteiger partial charge in [0.15, 0.2) is 5.76 Å². The summed E-state index contributed by atoms with van der Waals surface area (Å²) in [4.78, 5) is 23.2. The third-order valence-electron chi connectivity index (χ3n) is 4.75. The maximum Gasteiger partial charge on any atom is 0.311 e. The molecular formula is C22H17N3O6. The third kappa shape index (κ3) is 3.76. The van der Waals surface area contributed by atoms with Gasteiger partial charge in [-0.3, -0.25) is 14.9 Å². The molecule has 0 aliphatic carbocycles. The lowest BCUT2D eigenvalue weighted by atomic mass is 10.1. The number of carbonyl (C=O) groups is 1. The molecule has 0 bridgehead atoms. The van der Waals surface area contributed by atoms with Gasteiger partial charge in [-0.2, -0.15) is 5.10 Å². The van der Waals surface area contributed by atoms with E-state index in [2.05, 4.69) is 10.5 Å². The number of fused-ring (bicyclic) bond motifs is 3. The van der Waals surface area contributed by atoms with Crippen LogP contribution in [0.1, 0.15) is 16.1 Å². The predicted molar refractivity (Wildman–Crippen MR) is 115 cm³/mol. The van der Waals surface area contributed by atoms with Crippen LogP contribution in [0.4, 0.5) is 5.69 Å². The van der Waals surface area contributed by atoms with E-state index in [1.807, 2.05) is 30.3 Å². The molecule has 0 fully saturated rings. The van der Waals surface area contributed by atoms with E-state index in [0.717, 1.165) is 16.2 Å². The van der Waals surface area contributed by atoms with Gasteiger partial charge in [-0.15, -0.1) is 0 Å². The molecule has 1 amide bonds. The SMILES string of the molecule is COc1cc(OC)c([N+](=O)[O-])cc1/C=N\NC(=O)c1cc2c(ccc3ccccc32)o1. The summed E-state index contributed by atoms with van der Waals surface area (Å²) in [6.45, 7) is 0. The largest absolute Gasteiger partial charge is 0.496 e. The summed E-state index contributed by atoms with van der Waals surface area (Å²) < 4.78 is 15.9. The van der Waals surface area contributed by atoms with E-state index in [4.69, 9.17) is 13.9 Å². The number of hydrogen-bond donors (Lipinski definition) is 1. The molecule has 4 rings (SSSR count). The summed E-state index contributed by atoms with van der Waals surface area (Å²) in [5.74, 6) is -0.108. The van der Waals surface area contributed by atoms with Crippen molar-refractivity contribution in [2.24, 2.45) is 5.10 Å². The third-order valence-corrected chi connectivity index (χ3v) is 4.75. The summed E-state index contributed by atoms with van der Waals surface area (Å²) in [6, 6.07) is 15.8. The number of carbonyl (C=O) groups excluding carboxylic acids is 1. The number of amides is 1. The molecule has 0 spiro atoms. The van der Waals surface area contributed by atoms with E-state index in [-0.39, 0.29) is 17.2 Å². The monoisotopic (exact) mass is 419 g/mol. The number of hydrazone groups is 1. The lowest BCUT2D eigenvalue weighted by Gasteiger charge is -2.08. The van der Waals surface area contributed by atoms with E-state index in [0.29, 0.717) is 16.9 Å². The van der Waals surface area contributed by atoms with Crippen LogP contribution < -0.4 is 14.9 Å². The number of nitro groups is 1. The first-order chi connectivity index (χ1) is 15.0. The van der Waals surface area contributed by atoms with Crippen molar-refractivity contribution in [3.8, 4) is 11.5 Å². The van der Waals surface area contributed by atoms with E-state index >= 15 is 0 Å². The molecule has 31 heavy (non-hydrogen) atoms. The van der Waals surface area contributed by atoms with E-state index in [1.54, 1.807) is 12.1 Å². The van der Waals surface area contributed by atoms with Crippen LogP contribution in [0.2, 0.25) is 0 Å². The van der Waals surface area contributed by atoms with Gasteiger partial charge < -0.3 is 13.9 Å². The second-order valence-corrected chi connectivity index (χ2v) is 6.53. The number of furan rings is 1. The van der Waals surface area contributed by atoms with E-state index in [1.165, 1.54) is 32.6 Å². The smallest absolute Gasteiger partial charge is 0.311 e. The number of ether oxygens (including phenoxy) is 2. The Morgan fingerprint density at radius 1 is 1.06 bits per heavy atom. The van der Waals surface area contributed by atoms with Gasteiger partial charge in [-0.1, -0.05) is 30.3 Å². The zero-order valence-corrected chi connectivity index (χ0v) is 16.6. The van der Waals surface area contributed by atoms with Gasteiger partial charge >= 0.3 is 11.6 Å². The quantitative estimate of drug-likeness (QED) is 0.283. The van der Waals surface area contributed by atoms with Gasteiger partial charge in [-0.05, 0) is 22.9 Å². The minimum Gasteiger partial charge on any atom is -0.496 e. The normalized spacial score (nSPS) is 11.2. The summed E-state index contributed by atoms with van der Waals surface area (Å²) >= 11 is 0. The molecule has 0 saturated carbocycles. The Balaban J connectivity index is 1.59. The van der Waals surface area contributed by atoms with Crippen LogP contribution in [-0.4, -0.2) is 31.3 Å². The number of rotatable bonds is 6. The van der Waals surface area contributed by atoms with Crippen molar-refractivity contribution in [2.45, 2.75) is 0 Å². The Labute approximate surface area is 176 Å². The van der Waals surface area contributed by atoms with Gasteiger partial charge in [0.2, 0.25) is 5.75 Å². The Morgan fingerprint density at radius 3 is 2.58 bits per heavy atom. The highest BCUT2D eigenvalue weighted by molar-refractivity contribution is 6.08. The van der Waals surface area contributed by atoms with Gasteiger partial charge in [-0.25, -0.2) is 5.43 Å². The standard InChI is InChI=1S/C22H17N3O6/c1-29-19-11-20(30-2)17(25(27)28)9-14(19)12-23-24-22(26)21-10-16-15-6-4-3-5-13(15)7-8-18(16)31-21/h3-12H,1-2H3,(H,24,26)/b23-12-. The fraction of sp³-hybridized carbons (Fsp3) is 0.0909. The Morgan fingerprint density at radius 2 is 1.84 bits per heavy atom. The number of methoxy groups -OCH3 is 2. The number of nitrogens with zero attached hydrogens (tertiary/aromatic N) is 2. The Kier molecular flexibility index (Phi) is 5.23. The van der Waals surface area contributed by atoms with Crippen molar-refractivity contribution >= 4 is 39.6 Å². The average molecular weight is 419 g/mol. The maximum atomic E-state index is 12.5. The van der Waals surface area contributed by atoms with Crippen molar-refractivity contribution in [1.82, 2.24) is 5.43 Å². The first-order valence-corrected chi connectivity index (χ1v) is 9.17. The highest BCUT2D eigenvalue weighted by atomic mass is 16.6. The van der Waals surface area contributed by atoms with Crippen LogP contribution in [0.15, 0.2) is 64.1 Å². The zero-order valence-electron chi connectivity index (χ0n) is 16.6. The molecule has 9 heteroatoms. The molecule has 0 unspecified atom stereocenters. The molecule has 0 radical (unpaired) electrons. The summed E-state index contributed by atoms with van der Waals surface area (Å²) in [5, 5.41) is 18.0. The molecule has 1 aromatic heterocycles. The molecule has 0 atom stereocenters. The van der Waals surface area contributed by atoms with Crippen molar-refractivity contribution in [3.05, 3.63) is 76.0 Å². The van der Waals surface area contributed by atoms with Crippen LogP contribution in [0.25, 0.3) is 21.7 Å². The van der Waals surface area contributed by atoms with Gasteiger partial charge in [0.1, 0.15) is 11.3 Å². The van der Waals surface area contributed by atoms with E-state index in [9.17, 15) is 14.9 Å². The fourth-order valence-corrected chi connectivity index (χ4v) is 3.27. The molecular weight excluding hydrogens is 402 g/mol. The summed E-state index contributed by atoms with van der Waals surface area (Å²) in [5.41, 5.74) is 3.00. The van der Waals surface area contributed by atoms with Crippen LogP contribution in [0.3, 0.4) is 0 Å². The number of nitrogens with one attached hydrogen (secondary N) is 1. The molecule has 4 aromatic rings. The van der Waals surface area contributed by atoms with Gasteiger partial charge in [0.25, 0.3) is 0 Å². The summed E-state index contributed by atoms with van der Waals surface area (Å²) in [6.07, 6.45) is 1.25. The van der Waals surface area contributed by atoms with E-state index < -0.39 is 10.8 Å². The zero-order chi connectivity index (χ0) is 22.0. The molecule has 0 aliphatic heterocycles. The van der Waals surface area contributed by atoms with Crippen molar-refractivity contribution < 1.29 is 23.6 Å². The number of benzene rings is 3. The Hall–Kier alpha value is -4.40. The topological polar surface area (TPSA) is 116 Å². The first-order valence-electron chi connectivity index (χ1n) is 9.17. The Bertz CT molecular complexity index is 1340. The van der Waals surface area contributed by atoms with Crippen molar-refractivity contribution in [2.75, 3.05) is 14.2 Å². The average Bonchev–Trinajstić information content (AvgIpc) is 3.23. The van der Waals surface area contributed by atoms with Gasteiger partial charge in [0.05, 0.1) is 25.4 Å². The maximum absolute atomic E-state index is 12.5. The molecule has 1 heterocycles. The van der Waals surface area contributed by atoms with Crippen LogP contribution >= 0.6 is 0 Å². The molecule has 1 N–H and O–H groups in total. The second-order valence-electron chi connectivity index (χ2n) is 6.53. The number of hydrogen-bond acceptors (Lipinski definition) is 7. The minimum absolute atomic E-state index is 0.0533. The van der Waals surface area contributed by atoms with Crippen LogP contribution in [0.5, 0.6) is 11.5 Å². The highest BCUT2D eigenvalue weighted by Crippen LogP contribution is 2.33. The molecule has 0 saturated heterocycles. The molecule has 156 valence electrons. The first kappa shape index (κ1) is 19.9. The lowest BCUT2D eigenvalue weighted by Crippen LogP contribution is -2.16.